The summed E-state index contributed by atoms with van der Waals surface area (Å²) >= 11 is 0. The van der Waals surface area contributed by atoms with Crippen molar-refractivity contribution < 1.29 is 19.1 Å². The Labute approximate surface area is 124 Å². The van der Waals surface area contributed by atoms with Crippen molar-refractivity contribution in [2.75, 3.05) is 7.11 Å². The van der Waals surface area contributed by atoms with Crippen LogP contribution in [-0.2, 0) is 25.5 Å². The van der Waals surface area contributed by atoms with Crippen molar-refractivity contribution in [1.82, 2.24) is 5.32 Å². The molecule has 0 aliphatic carbocycles. The number of methoxy groups -OCH3 is 1. The summed E-state index contributed by atoms with van der Waals surface area (Å²) in [5.74, 6) is -0.734. The lowest BCUT2D eigenvalue weighted by Crippen LogP contribution is -2.42. The summed E-state index contributed by atoms with van der Waals surface area (Å²) in [4.78, 5) is 34.9. The zero-order chi connectivity index (χ0) is 15.7. The molecule has 0 aliphatic rings. The normalized spacial score (nSPS) is 11.5. The van der Waals surface area contributed by atoms with E-state index in [4.69, 9.17) is 0 Å². The second kappa shape index (κ2) is 8.89. The molecule has 1 rings (SSSR count). The lowest BCUT2D eigenvalue weighted by molar-refractivity contribution is -0.145. The molecule has 5 nitrogen and oxygen atoms in total. The molecule has 1 N–H and O–H groups in total. The van der Waals surface area contributed by atoms with Crippen LogP contribution >= 0.6 is 0 Å². The van der Waals surface area contributed by atoms with E-state index < -0.39 is 12.0 Å². The van der Waals surface area contributed by atoms with Crippen molar-refractivity contribution in [3.63, 3.8) is 0 Å². The van der Waals surface area contributed by atoms with Crippen LogP contribution in [0, 0.1) is 0 Å². The van der Waals surface area contributed by atoms with Crippen molar-refractivity contribution in [3.05, 3.63) is 35.9 Å². The number of ketones is 1. The first-order valence-corrected chi connectivity index (χ1v) is 6.99. The van der Waals surface area contributed by atoms with Crippen molar-refractivity contribution in [2.45, 2.75) is 38.6 Å². The van der Waals surface area contributed by atoms with Gasteiger partial charge < -0.3 is 10.1 Å². The van der Waals surface area contributed by atoms with E-state index in [1.807, 2.05) is 30.3 Å². The molecule has 0 radical (unpaired) electrons. The first-order chi connectivity index (χ1) is 10.1. The Kier molecular flexibility index (Phi) is 7.15. The number of nitrogens with one attached hydrogen (secondary N) is 1. The van der Waals surface area contributed by atoms with E-state index in [1.165, 1.54) is 7.11 Å². The van der Waals surface area contributed by atoms with Gasteiger partial charge in [0, 0.05) is 12.8 Å². The summed E-state index contributed by atoms with van der Waals surface area (Å²) in [6.45, 7) is 1.77. The van der Waals surface area contributed by atoms with E-state index in [2.05, 4.69) is 10.1 Å². The molecule has 0 aliphatic heterocycles. The molecule has 1 amide bonds. The molecule has 0 spiro atoms. The minimum absolute atomic E-state index is 0.0567. The number of ether oxygens (including phenoxy) is 1. The van der Waals surface area contributed by atoms with E-state index >= 15 is 0 Å². The molecule has 114 valence electrons. The average molecular weight is 291 g/mol. The summed E-state index contributed by atoms with van der Waals surface area (Å²) in [6.07, 6.45) is 1.13. The highest BCUT2D eigenvalue weighted by molar-refractivity contribution is 5.86. The van der Waals surface area contributed by atoms with Gasteiger partial charge in [-0.1, -0.05) is 37.3 Å². The molecular formula is C16H21NO4. The number of amides is 1. The Morgan fingerprint density at radius 1 is 1.19 bits per heavy atom. The molecule has 1 aromatic carbocycles. The molecule has 21 heavy (non-hydrogen) atoms. The lowest BCUT2D eigenvalue weighted by Gasteiger charge is -2.16. The number of Topliss-reactive ketones (excluding diaryl/α,β-unsaturated/α-hetero) is 1. The fraction of sp³-hybridized carbons (Fsp3) is 0.438. The van der Waals surface area contributed by atoms with Gasteiger partial charge in [-0.15, -0.1) is 0 Å². The maximum Gasteiger partial charge on any atom is 0.328 e. The van der Waals surface area contributed by atoms with Crippen LogP contribution in [-0.4, -0.2) is 30.8 Å². The van der Waals surface area contributed by atoms with Gasteiger partial charge in [0.1, 0.15) is 11.8 Å². The predicted molar refractivity (Wildman–Crippen MR) is 78.6 cm³/mol. The van der Waals surface area contributed by atoms with E-state index in [9.17, 15) is 14.4 Å². The van der Waals surface area contributed by atoms with E-state index in [-0.39, 0.29) is 31.0 Å². The van der Waals surface area contributed by atoms with Crippen LogP contribution in [0.3, 0.4) is 0 Å². The van der Waals surface area contributed by atoms with Gasteiger partial charge >= 0.3 is 5.97 Å². The summed E-state index contributed by atoms with van der Waals surface area (Å²) in [5.41, 5.74) is 0.864. The first kappa shape index (κ1) is 16.9. The van der Waals surface area contributed by atoms with Crippen LogP contribution in [0.4, 0.5) is 0 Å². The fourth-order valence-corrected chi connectivity index (χ4v) is 1.90. The molecule has 0 bridgehead atoms. The van der Waals surface area contributed by atoms with E-state index in [1.54, 1.807) is 6.92 Å². The molecule has 0 unspecified atom stereocenters. The Bertz CT molecular complexity index is 484. The summed E-state index contributed by atoms with van der Waals surface area (Å²) in [5, 5.41) is 2.63. The maximum absolute atomic E-state index is 12.0. The first-order valence-electron chi connectivity index (χ1n) is 6.99. The summed E-state index contributed by atoms with van der Waals surface area (Å²) in [7, 11) is 1.26. The topological polar surface area (TPSA) is 72.5 Å². The second-order valence-electron chi connectivity index (χ2n) is 4.74. The van der Waals surface area contributed by atoms with Crippen LogP contribution in [0.2, 0.25) is 0 Å². The van der Waals surface area contributed by atoms with Crippen molar-refractivity contribution in [2.24, 2.45) is 0 Å². The number of rotatable bonds is 8. The number of benzene rings is 1. The molecule has 0 aromatic heterocycles. The molecule has 0 saturated carbocycles. The third kappa shape index (κ3) is 6.21. The minimum Gasteiger partial charge on any atom is -0.467 e. The predicted octanol–water partition coefficient (Wildman–Crippen LogP) is 1.65. The van der Waals surface area contributed by atoms with Crippen molar-refractivity contribution in [1.29, 1.82) is 0 Å². The highest BCUT2D eigenvalue weighted by Crippen LogP contribution is 2.05. The van der Waals surface area contributed by atoms with Gasteiger partial charge in [0.25, 0.3) is 0 Å². The van der Waals surface area contributed by atoms with Crippen LogP contribution in [0.15, 0.2) is 30.3 Å². The van der Waals surface area contributed by atoms with E-state index in [0.29, 0.717) is 6.42 Å². The van der Waals surface area contributed by atoms with Gasteiger partial charge in [-0.3, -0.25) is 9.59 Å². The SMILES string of the molecule is CCC(=O)CC[C@@H](NC(=O)Cc1ccccc1)C(=O)OC. The number of hydrogen-bond acceptors (Lipinski definition) is 4. The van der Waals surface area contributed by atoms with Gasteiger partial charge in [0.05, 0.1) is 13.5 Å². The molecule has 0 saturated heterocycles. The average Bonchev–Trinajstić information content (AvgIpc) is 2.51. The van der Waals surface area contributed by atoms with Crippen LogP contribution in [0.5, 0.6) is 0 Å². The Balaban J connectivity index is 2.57. The third-order valence-electron chi connectivity index (χ3n) is 3.13. The van der Waals surface area contributed by atoms with Crippen molar-refractivity contribution in [3.8, 4) is 0 Å². The monoisotopic (exact) mass is 291 g/mol. The molecule has 1 aromatic rings. The Hall–Kier alpha value is -2.17. The lowest BCUT2D eigenvalue weighted by atomic mass is 10.1. The van der Waals surface area contributed by atoms with Crippen LogP contribution in [0.1, 0.15) is 31.7 Å². The largest absolute Gasteiger partial charge is 0.467 e. The van der Waals surface area contributed by atoms with Crippen molar-refractivity contribution >= 4 is 17.7 Å². The highest BCUT2D eigenvalue weighted by atomic mass is 16.5. The summed E-state index contributed by atoms with van der Waals surface area (Å²) in [6, 6.07) is 8.47. The maximum atomic E-state index is 12.0. The molecule has 0 fully saturated rings. The van der Waals surface area contributed by atoms with Crippen LogP contribution in [0.25, 0.3) is 0 Å². The van der Waals surface area contributed by atoms with Gasteiger partial charge in [-0.25, -0.2) is 4.79 Å². The molecular weight excluding hydrogens is 270 g/mol. The van der Waals surface area contributed by atoms with Gasteiger partial charge in [-0.05, 0) is 12.0 Å². The molecule has 5 heteroatoms. The molecule has 1 atom stereocenters. The Morgan fingerprint density at radius 2 is 1.86 bits per heavy atom. The number of hydrogen-bond donors (Lipinski definition) is 1. The molecule has 0 heterocycles. The number of carbonyl (C=O) groups excluding carboxylic acids is 3. The quantitative estimate of drug-likeness (QED) is 0.739. The van der Waals surface area contributed by atoms with Gasteiger partial charge in [0.2, 0.25) is 5.91 Å². The zero-order valence-electron chi connectivity index (χ0n) is 12.4. The number of carbonyl (C=O) groups is 3. The highest BCUT2D eigenvalue weighted by Gasteiger charge is 2.22. The fourth-order valence-electron chi connectivity index (χ4n) is 1.90. The Morgan fingerprint density at radius 3 is 2.43 bits per heavy atom. The van der Waals surface area contributed by atoms with Gasteiger partial charge in [-0.2, -0.15) is 0 Å². The van der Waals surface area contributed by atoms with Gasteiger partial charge in [0.15, 0.2) is 0 Å². The minimum atomic E-state index is -0.776. The van der Waals surface area contributed by atoms with E-state index in [0.717, 1.165) is 5.56 Å². The second-order valence-corrected chi connectivity index (χ2v) is 4.74. The summed E-state index contributed by atoms with van der Waals surface area (Å²) < 4.78 is 4.66. The third-order valence-corrected chi connectivity index (χ3v) is 3.13. The number of esters is 1. The zero-order valence-corrected chi connectivity index (χ0v) is 12.4. The van der Waals surface area contributed by atoms with Crippen LogP contribution < -0.4 is 5.32 Å². The smallest absolute Gasteiger partial charge is 0.328 e. The standard InChI is InChI=1S/C16H21NO4/c1-3-13(18)9-10-14(16(20)21-2)17-15(19)11-12-7-5-4-6-8-12/h4-8,14H,3,9-11H2,1-2H3,(H,17,19)/t14-/m1/s1.